The second kappa shape index (κ2) is 9.14. The van der Waals surface area contributed by atoms with Gasteiger partial charge in [0, 0.05) is 11.6 Å². The fourth-order valence-corrected chi connectivity index (χ4v) is 3.56. The zero-order valence-electron chi connectivity index (χ0n) is 17.1. The maximum absolute atomic E-state index is 12.8. The normalized spacial score (nSPS) is 11.0. The van der Waals surface area contributed by atoms with Crippen LogP contribution in [0.2, 0.25) is 5.02 Å². The highest BCUT2D eigenvalue weighted by molar-refractivity contribution is 6.30. The van der Waals surface area contributed by atoms with E-state index in [1.165, 1.54) is 6.20 Å². The van der Waals surface area contributed by atoms with Gasteiger partial charge in [-0.3, -0.25) is 14.2 Å². The van der Waals surface area contributed by atoms with E-state index in [-0.39, 0.29) is 17.9 Å². The van der Waals surface area contributed by atoms with E-state index in [1.807, 2.05) is 43.3 Å². The van der Waals surface area contributed by atoms with Crippen LogP contribution in [-0.4, -0.2) is 31.8 Å². The number of amides is 1. The van der Waals surface area contributed by atoms with Crippen molar-refractivity contribution in [3.63, 3.8) is 0 Å². The second-order valence-electron chi connectivity index (χ2n) is 7.42. The Morgan fingerprint density at radius 2 is 1.94 bits per heavy atom. The lowest BCUT2D eigenvalue weighted by Crippen LogP contribution is -2.29. The van der Waals surface area contributed by atoms with Gasteiger partial charge in [-0.15, -0.1) is 0 Å². The molecular weight excluding hydrogens is 414 g/mol. The summed E-state index contributed by atoms with van der Waals surface area (Å²) < 4.78 is 3.22. The molecule has 158 valence electrons. The standard InChI is InChI=1S/C23H22ClN5O2/c1-16-3-2-4-18(11-16)14-28-15-26-22-20(23(28)31)13-27-29(22)10-9-25-21(30)12-17-5-7-19(24)8-6-17/h2-8,11,13,15H,9-10,12,14H2,1H3,(H,25,30). The Morgan fingerprint density at radius 3 is 2.71 bits per heavy atom. The van der Waals surface area contributed by atoms with Crippen LogP contribution in [-0.2, 0) is 24.3 Å². The molecule has 2 aromatic carbocycles. The summed E-state index contributed by atoms with van der Waals surface area (Å²) in [6, 6.07) is 15.2. The summed E-state index contributed by atoms with van der Waals surface area (Å²) in [5.74, 6) is -0.0905. The minimum Gasteiger partial charge on any atom is -0.354 e. The molecule has 0 unspecified atom stereocenters. The van der Waals surface area contributed by atoms with E-state index in [0.717, 1.165) is 16.7 Å². The Labute approximate surface area is 184 Å². The Morgan fingerprint density at radius 1 is 1.13 bits per heavy atom. The first-order valence-electron chi connectivity index (χ1n) is 9.97. The number of hydrogen-bond acceptors (Lipinski definition) is 4. The number of nitrogens with zero attached hydrogens (tertiary/aromatic N) is 4. The van der Waals surface area contributed by atoms with Gasteiger partial charge in [-0.25, -0.2) is 9.67 Å². The van der Waals surface area contributed by atoms with Crippen molar-refractivity contribution in [2.75, 3.05) is 6.54 Å². The molecule has 0 radical (unpaired) electrons. The predicted octanol–water partition coefficient (Wildman–Crippen LogP) is 2.96. The van der Waals surface area contributed by atoms with Gasteiger partial charge in [0.15, 0.2) is 5.65 Å². The maximum Gasteiger partial charge on any atom is 0.264 e. The topological polar surface area (TPSA) is 81.8 Å². The number of halogens is 1. The lowest BCUT2D eigenvalue weighted by molar-refractivity contribution is -0.120. The number of fused-ring (bicyclic) bond motifs is 1. The number of carbonyl (C=O) groups is 1. The quantitative estimate of drug-likeness (QED) is 0.484. The molecule has 1 N–H and O–H groups in total. The summed E-state index contributed by atoms with van der Waals surface area (Å²) in [6.45, 7) is 3.28. The molecule has 0 aliphatic carbocycles. The largest absolute Gasteiger partial charge is 0.354 e. The number of aryl methyl sites for hydroxylation is 1. The molecule has 1 amide bonds. The molecule has 2 aromatic heterocycles. The van der Waals surface area contributed by atoms with E-state index in [9.17, 15) is 9.59 Å². The first kappa shape index (κ1) is 20.8. The average molecular weight is 436 g/mol. The Bertz CT molecular complexity index is 1280. The van der Waals surface area contributed by atoms with Gasteiger partial charge in [-0.2, -0.15) is 5.10 Å². The lowest BCUT2D eigenvalue weighted by atomic mass is 10.1. The molecule has 0 aliphatic rings. The molecular formula is C23H22ClN5O2. The molecule has 0 saturated carbocycles. The number of carbonyl (C=O) groups excluding carboxylic acids is 1. The van der Waals surface area contributed by atoms with Crippen molar-refractivity contribution in [1.82, 2.24) is 24.6 Å². The third-order valence-electron chi connectivity index (χ3n) is 4.98. The van der Waals surface area contributed by atoms with Gasteiger partial charge in [0.05, 0.1) is 25.7 Å². The first-order chi connectivity index (χ1) is 15.0. The number of aromatic nitrogens is 4. The van der Waals surface area contributed by atoms with Gasteiger partial charge in [0.2, 0.25) is 5.91 Å². The summed E-state index contributed by atoms with van der Waals surface area (Å²) in [5, 5.41) is 8.25. The van der Waals surface area contributed by atoms with Crippen LogP contribution in [0.15, 0.2) is 65.8 Å². The first-order valence-corrected chi connectivity index (χ1v) is 10.3. The van der Waals surface area contributed by atoms with E-state index in [0.29, 0.717) is 35.7 Å². The molecule has 0 fully saturated rings. The highest BCUT2D eigenvalue weighted by atomic mass is 35.5. The summed E-state index contributed by atoms with van der Waals surface area (Å²) in [4.78, 5) is 29.4. The van der Waals surface area contributed by atoms with E-state index in [2.05, 4.69) is 15.4 Å². The molecule has 31 heavy (non-hydrogen) atoms. The monoisotopic (exact) mass is 435 g/mol. The lowest BCUT2D eigenvalue weighted by Gasteiger charge is -2.08. The van der Waals surface area contributed by atoms with Crippen LogP contribution in [0.3, 0.4) is 0 Å². The van der Waals surface area contributed by atoms with Gasteiger partial charge in [-0.05, 0) is 30.2 Å². The highest BCUT2D eigenvalue weighted by Gasteiger charge is 2.11. The molecule has 0 atom stereocenters. The minimum atomic E-state index is -0.135. The fourth-order valence-electron chi connectivity index (χ4n) is 3.43. The third kappa shape index (κ3) is 5.00. The molecule has 0 saturated heterocycles. The van der Waals surface area contributed by atoms with Gasteiger partial charge in [-0.1, -0.05) is 53.6 Å². The van der Waals surface area contributed by atoms with Crippen molar-refractivity contribution in [3.8, 4) is 0 Å². The predicted molar refractivity (Wildman–Crippen MR) is 120 cm³/mol. The van der Waals surface area contributed by atoms with E-state index < -0.39 is 0 Å². The van der Waals surface area contributed by atoms with Crippen molar-refractivity contribution in [2.45, 2.75) is 26.4 Å². The Balaban J connectivity index is 1.40. The second-order valence-corrected chi connectivity index (χ2v) is 7.86. The van der Waals surface area contributed by atoms with Crippen molar-refractivity contribution in [1.29, 1.82) is 0 Å². The van der Waals surface area contributed by atoms with Gasteiger partial charge >= 0.3 is 0 Å². The number of nitrogens with one attached hydrogen (secondary N) is 1. The van der Waals surface area contributed by atoms with Crippen molar-refractivity contribution < 1.29 is 4.79 Å². The SMILES string of the molecule is Cc1cccc(Cn2cnc3c(cnn3CCNC(=O)Cc3ccc(Cl)cc3)c2=O)c1. The number of hydrogen-bond donors (Lipinski definition) is 1. The van der Waals surface area contributed by atoms with Crippen molar-refractivity contribution >= 4 is 28.5 Å². The molecule has 4 aromatic rings. The number of benzene rings is 2. The molecule has 0 spiro atoms. The van der Waals surface area contributed by atoms with Gasteiger partial charge in [0.1, 0.15) is 11.7 Å². The number of rotatable bonds is 7. The maximum atomic E-state index is 12.8. The Kier molecular flexibility index (Phi) is 6.13. The van der Waals surface area contributed by atoms with Crippen LogP contribution in [0.5, 0.6) is 0 Å². The third-order valence-corrected chi connectivity index (χ3v) is 5.23. The van der Waals surface area contributed by atoms with Crippen LogP contribution in [0.4, 0.5) is 0 Å². The summed E-state index contributed by atoms with van der Waals surface area (Å²) in [5.41, 5.74) is 3.45. The van der Waals surface area contributed by atoms with E-state index in [1.54, 1.807) is 27.7 Å². The zero-order valence-corrected chi connectivity index (χ0v) is 17.8. The Hall–Kier alpha value is -3.45. The molecule has 7 nitrogen and oxygen atoms in total. The van der Waals surface area contributed by atoms with Gasteiger partial charge in [0.25, 0.3) is 5.56 Å². The molecule has 4 rings (SSSR count). The van der Waals surface area contributed by atoms with Crippen LogP contribution >= 0.6 is 11.6 Å². The van der Waals surface area contributed by atoms with Crippen molar-refractivity contribution in [2.24, 2.45) is 0 Å². The highest BCUT2D eigenvalue weighted by Crippen LogP contribution is 2.10. The van der Waals surface area contributed by atoms with Crippen LogP contribution in [0, 0.1) is 6.92 Å². The summed E-state index contributed by atoms with van der Waals surface area (Å²) >= 11 is 5.86. The summed E-state index contributed by atoms with van der Waals surface area (Å²) in [6.07, 6.45) is 3.36. The van der Waals surface area contributed by atoms with Gasteiger partial charge < -0.3 is 5.32 Å². The molecule has 0 aliphatic heterocycles. The fraction of sp³-hybridized carbons (Fsp3) is 0.217. The summed E-state index contributed by atoms with van der Waals surface area (Å²) in [7, 11) is 0. The average Bonchev–Trinajstić information content (AvgIpc) is 3.16. The van der Waals surface area contributed by atoms with E-state index in [4.69, 9.17) is 11.6 Å². The van der Waals surface area contributed by atoms with E-state index >= 15 is 0 Å². The molecule has 2 heterocycles. The molecule has 0 bridgehead atoms. The smallest absolute Gasteiger partial charge is 0.264 e. The van der Waals surface area contributed by atoms with Crippen LogP contribution < -0.4 is 10.9 Å². The van der Waals surface area contributed by atoms with Crippen LogP contribution in [0.25, 0.3) is 11.0 Å². The van der Waals surface area contributed by atoms with Crippen molar-refractivity contribution in [3.05, 3.63) is 93.1 Å². The van der Waals surface area contributed by atoms with Crippen LogP contribution in [0.1, 0.15) is 16.7 Å². The minimum absolute atomic E-state index is 0.0905. The zero-order chi connectivity index (χ0) is 21.8. The molecule has 8 heteroatoms.